The summed E-state index contributed by atoms with van der Waals surface area (Å²) in [4.78, 5) is 36.7. The third kappa shape index (κ3) is 8.46. The number of carboxylic acids is 1. The van der Waals surface area contributed by atoms with E-state index >= 15 is 0 Å². The molecule has 4 saturated carbocycles. The van der Waals surface area contributed by atoms with Crippen LogP contribution in [0.4, 0.5) is 0 Å². The number of hydrogen-bond acceptors (Lipinski definition) is 6. The van der Waals surface area contributed by atoms with Gasteiger partial charge in [-0.15, -0.1) is 0 Å². The van der Waals surface area contributed by atoms with Gasteiger partial charge in [-0.2, -0.15) is 0 Å². The summed E-state index contributed by atoms with van der Waals surface area (Å²) in [5.74, 6) is 1.49. The second-order valence-electron chi connectivity index (χ2n) is 15.8. The van der Waals surface area contributed by atoms with Gasteiger partial charge in [0.1, 0.15) is 0 Å². The first kappa shape index (κ1) is 41.2. The van der Waals surface area contributed by atoms with Crippen molar-refractivity contribution in [1.29, 1.82) is 0 Å². The largest absolute Gasteiger partial charge is 1.00 e. The molecule has 0 radical (unpaired) electrons. The molecule has 0 aliphatic heterocycles. The molecule has 0 aromatic carbocycles. The van der Waals surface area contributed by atoms with Gasteiger partial charge in [0.15, 0.2) is 0 Å². The first-order chi connectivity index (χ1) is 22.5. The van der Waals surface area contributed by atoms with Crippen LogP contribution in [0.1, 0.15) is 118 Å². The fourth-order valence-corrected chi connectivity index (χ4v) is 11.2. The number of ether oxygens (including phenoxy) is 2. The SMILES string of the molecule is C=CC(=O)NCCCCOC1CC[C@]2(C)C3CC[C@@]4(C)C(CC[C@@H]4[C@H](C)CCC)C3CC(OCCCCNC(=O)C=C)C2(C(=O)[O-])C1.[Na+]. The maximum atomic E-state index is 13.6. The first-order valence-electron chi connectivity index (χ1n) is 18.7. The molecule has 4 fully saturated rings. The standard InChI is InChI=1S/C39H64N2O6.Na/c1-7-14-27(4)30-15-16-31-29-25-33(47-24-13-11-22-41-35(43)9-3)39(36(44)45)26-28(46-23-12-10-21-40-34(42)8-2)17-20-38(39,6)32(29)18-19-37(30,31)5;/h8-9,27-33H,2-3,7,10-26H2,1,4-6H3,(H,40,42)(H,41,43)(H,44,45);/q;+1/p-1/t27-,28?,29?,30-,31?,32?,33?,37-,38-,39?;/m1./s1. The second-order valence-corrected chi connectivity index (χ2v) is 15.8. The van der Waals surface area contributed by atoms with Crippen molar-refractivity contribution in [1.82, 2.24) is 10.6 Å². The van der Waals surface area contributed by atoms with Gasteiger partial charge in [-0.25, -0.2) is 0 Å². The Balaban J connectivity index is 0.00000625. The van der Waals surface area contributed by atoms with Gasteiger partial charge in [0.05, 0.1) is 18.2 Å². The molecule has 6 unspecified atom stereocenters. The fourth-order valence-electron chi connectivity index (χ4n) is 11.2. The quantitative estimate of drug-likeness (QED) is 0.131. The van der Waals surface area contributed by atoms with Crippen LogP contribution in [0.25, 0.3) is 0 Å². The minimum atomic E-state index is -1.12. The van der Waals surface area contributed by atoms with Crippen LogP contribution in [-0.2, 0) is 23.9 Å². The van der Waals surface area contributed by atoms with Gasteiger partial charge in [0.2, 0.25) is 11.8 Å². The number of rotatable bonds is 18. The predicted octanol–water partition coefficient (Wildman–Crippen LogP) is 2.75. The summed E-state index contributed by atoms with van der Waals surface area (Å²) >= 11 is 0. The number of fused-ring (bicyclic) bond motifs is 5. The molecule has 0 saturated heterocycles. The number of unbranched alkanes of at least 4 members (excludes halogenated alkanes) is 2. The summed E-state index contributed by atoms with van der Waals surface area (Å²) < 4.78 is 13.1. The second kappa shape index (κ2) is 18.3. The van der Waals surface area contributed by atoms with Crippen LogP contribution in [0, 0.1) is 45.8 Å². The van der Waals surface area contributed by atoms with Gasteiger partial charge in [-0.1, -0.05) is 53.7 Å². The minimum Gasteiger partial charge on any atom is -0.549 e. The summed E-state index contributed by atoms with van der Waals surface area (Å²) in [5.41, 5.74) is -1.25. The molecular formula is C39H63N2NaO6. The van der Waals surface area contributed by atoms with Crippen LogP contribution in [0.2, 0.25) is 0 Å². The third-order valence-corrected chi connectivity index (χ3v) is 13.5. The Morgan fingerprint density at radius 2 is 1.52 bits per heavy atom. The van der Waals surface area contributed by atoms with Crippen molar-refractivity contribution in [3.8, 4) is 0 Å². The van der Waals surface area contributed by atoms with Crippen LogP contribution in [0.15, 0.2) is 25.3 Å². The van der Waals surface area contributed by atoms with Gasteiger partial charge in [-0.3, -0.25) is 9.59 Å². The van der Waals surface area contributed by atoms with Crippen molar-refractivity contribution in [2.45, 2.75) is 130 Å². The van der Waals surface area contributed by atoms with Crippen molar-refractivity contribution in [2.24, 2.45) is 45.8 Å². The van der Waals surface area contributed by atoms with E-state index in [1.807, 2.05) is 0 Å². The van der Waals surface area contributed by atoms with Gasteiger partial charge in [0.25, 0.3) is 0 Å². The van der Waals surface area contributed by atoms with E-state index in [1.54, 1.807) is 0 Å². The van der Waals surface area contributed by atoms with E-state index in [-0.39, 0.29) is 47.5 Å². The minimum absolute atomic E-state index is 0. The third-order valence-electron chi connectivity index (χ3n) is 13.5. The predicted molar refractivity (Wildman–Crippen MR) is 183 cm³/mol. The number of aliphatic carboxylic acids is 1. The number of carbonyl (C=O) groups excluding carboxylic acids is 3. The molecule has 2 amide bonds. The Morgan fingerprint density at radius 1 is 0.896 bits per heavy atom. The summed E-state index contributed by atoms with van der Waals surface area (Å²) in [6.45, 7) is 18.7. The van der Waals surface area contributed by atoms with Gasteiger partial charge in [0, 0.05) is 31.7 Å². The van der Waals surface area contributed by atoms with E-state index in [4.69, 9.17) is 9.47 Å². The fraction of sp³-hybridized carbons (Fsp3) is 0.821. The molecule has 9 heteroatoms. The Bertz CT molecular complexity index is 1120. The number of carbonyl (C=O) groups is 3. The maximum Gasteiger partial charge on any atom is 1.00 e. The monoisotopic (exact) mass is 678 g/mol. The van der Waals surface area contributed by atoms with Crippen LogP contribution in [0.5, 0.6) is 0 Å². The zero-order valence-electron chi connectivity index (χ0n) is 30.8. The normalized spacial score (nSPS) is 35.9. The van der Waals surface area contributed by atoms with Crippen LogP contribution >= 0.6 is 0 Å². The maximum absolute atomic E-state index is 13.6. The summed E-state index contributed by atoms with van der Waals surface area (Å²) in [5, 5.41) is 19.3. The molecule has 48 heavy (non-hydrogen) atoms. The van der Waals surface area contributed by atoms with E-state index in [0.29, 0.717) is 61.8 Å². The molecule has 4 aliphatic carbocycles. The Hall–Kier alpha value is -1.19. The topological polar surface area (TPSA) is 117 Å². The van der Waals surface area contributed by atoms with Gasteiger partial charge < -0.3 is 30.0 Å². The van der Waals surface area contributed by atoms with E-state index in [1.165, 1.54) is 44.3 Å². The van der Waals surface area contributed by atoms with Crippen LogP contribution in [-0.4, -0.2) is 56.3 Å². The molecule has 8 nitrogen and oxygen atoms in total. The first-order valence-corrected chi connectivity index (χ1v) is 18.7. The van der Waals surface area contributed by atoms with Crippen LogP contribution in [0.3, 0.4) is 0 Å². The van der Waals surface area contributed by atoms with Crippen molar-refractivity contribution in [3.05, 3.63) is 25.3 Å². The van der Waals surface area contributed by atoms with E-state index in [2.05, 4.69) is 51.5 Å². The van der Waals surface area contributed by atoms with Crippen molar-refractivity contribution < 1.29 is 58.5 Å². The number of amides is 2. The van der Waals surface area contributed by atoms with Crippen molar-refractivity contribution >= 4 is 17.8 Å². The molecule has 2 N–H and O–H groups in total. The average Bonchev–Trinajstić information content (AvgIpc) is 3.41. The summed E-state index contributed by atoms with van der Waals surface area (Å²) in [6, 6.07) is 0. The van der Waals surface area contributed by atoms with Crippen molar-refractivity contribution in [2.75, 3.05) is 26.3 Å². The Labute approximate surface area is 312 Å². The smallest absolute Gasteiger partial charge is 0.549 e. The molecule has 0 spiro atoms. The summed E-state index contributed by atoms with van der Waals surface area (Å²) in [6.07, 6.45) is 15.1. The van der Waals surface area contributed by atoms with E-state index in [0.717, 1.165) is 57.3 Å². The van der Waals surface area contributed by atoms with Crippen LogP contribution < -0.4 is 45.3 Å². The molecule has 0 heterocycles. The molecule has 4 aliphatic rings. The van der Waals surface area contributed by atoms with E-state index < -0.39 is 22.9 Å². The Morgan fingerprint density at radius 3 is 2.10 bits per heavy atom. The molecule has 0 aromatic heterocycles. The zero-order valence-corrected chi connectivity index (χ0v) is 32.8. The number of nitrogens with one attached hydrogen (secondary N) is 2. The molecule has 10 atom stereocenters. The molecular weight excluding hydrogens is 615 g/mol. The molecule has 4 rings (SSSR count). The van der Waals surface area contributed by atoms with Crippen molar-refractivity contribution in [3.63, 3.8) is 0 Å². The summed E-state index contributed by atoms with van der Waals surface area (Å²) in [7, 11) is 0. The molecule has 0 bridgehead atoms. The number of hydrogen-bond donors (Lipinski definition) is 2. The molecule has 266 valence electrons. The zero-order chi connectivity index (χ0) is 34.2. The molecule has 0 aromatic rings. The van der Waals surface area contributed by atoms with Gasteiger partial charge in [-0.05, 0) is 130 Å². The number of carboxylic acid groups (broad SMARTS) is 1. The Kier molecular flexibility index (Phi) is 15.8. The van der Waals surface area contributed by atoms with Gasteiger partial charge >= 0.3 is 29.6 Å². The average molecular weight is 679 g/mol. The van der Waals surface area contributed by atoms with E-state index in [9.17, 15) is 19.5 Å².